The molecular weight excluding hydrogens is 293 g/mol. The SMILES string of the molecule is COc1ccc2nc(NC(=O)c3ccnc(F)c3)sc2c1. The van der Waals surface area contributed by atoms with E-state index in [-0.39, 0.29) is 5.56 Å². The Bertz CT molecular complexity index is 819. The van der Waals surface area contributed by atoms with E-state index in [1.807, 2.05) is 12.1 Å². The van der Waals surface area contributed by atoms with Crippen LogP contribution < -0.4 is 10.1 Å². The van der Waals surface area contributed by atoms with Gasteiger partial charge in [0.25, 0.3) is 5.91 Å². The van der Waals surface area contributed by atoms with E-state index in [1.165, 1.54) is 23.6 Å². The normalized spacial score (nSPS) is 10.6. The Morgan fingerprint density at radius 1 is 1.33 bits per heavy atom. The van der Waals surface area contributed by atoms with Gasteiger partial charge in [-0.05, 0) is 24.3 Å². The molecule has 3 rings (SSSR count). The number of carbonyl (C=O) groups is 1. The number of anilines is 1. The zero-order valence-corrected chi connectivity index (χ0v) is 11.8. The molecule has 0 saturated heterocycles. The first kappa shape index (κ1) is 13.4. The molecule has 0 bridgehead atoms. The number of thiazole rings is 1. The van der Waals surface area contributed by atoms with Crippen molar-refractivity contribution in [1.82, 2.24) is 9.97 Å². The highest BCUT2D eigenvalue weighted by Crippen LogP contribution is 2.29. The van der Waals surface area contributed by atoms with Gasteiger partial charge in [-0.25, -0.2) is 9.97 Å². The molecule has 106 valence electrons. The summed E-state index contributed by atoms with van der Waals surface area (Å²) in [6, 6.07) is 7.97. The van der Waals surface area contributed by atoms with Crippen molar-refractivity contribution in [2.75, 3.05) is 12.4 Å². The third-order valence-electron chi connectivity index (χ3n) is 2.80. The van der Waals surface area contributed by atoms with Crippen molar-refractivity contribution in [3.63, 3.8) is 0 Å². The quantitative estimate of drug-likeness (QED) is 0.755. The fraction of sp³-hybridized carbons (Fsp3) is 0.0714. The minimum Gasteiger partial charge on any atom is -0.497 e. The summed E-state index contributed by atoms with van der Waals surface area (Å²) in [4.78, 5) is 19.7. The number of nitrogens with zero attached hydrogens (tertiary/aromatic N) is 2. The summed E-state index contributed by atoms with van der Waals surface area (Å²) >= 11 is 1.32. The zero-order valence-electron chi connectivity index (χ0n) is 11.0. The molecule has 5 nitrogen and oxygen atoms in total. The Hall–Kier alpha value is -2.54. The van der Waals surface area contributed by atoms with Crippen LogP contribution in [0.15, 0.2) is 36.5 Å². The van der Waals surface area contributed by atoms with Crippen LogP contribution in [0, 0.1) is 5.95 Å². The van der Waals surface area contributed by atoms with E-state index in [4.69, 9.17) is 4.74 Å². The van der Waals surface area contributed by atoms with Crippen LogP contribution >= 0.6 is 11.3 Å². The van der Waals surface area contributed by atoms with Crippen molar-refractivity contribution < 1.29 is 13.9 Å². The molecule has 0 spiro atoms. The first-order chi connectivity index (χ1) is 10.2. The summed E-state index contributed by atoms with van der Waals surface area (Å²) in [5, 5.41) is 3.09. The number of nitrogens with one attached hydrogen (secondary N) is 1. The average Bonchev–Trinajstić information content (AvgIpc) is 2.88. The van der Waals surface area contributed by atoms with Gasteiger partial charge in [0.05, 0.1) is 17.3 Å². The van der Waals surface area contributed by atoms with Crippen LogP contribution in [0.1, 0.15) is 10.4 Å². The smallest absolute Gasteiger partial charge is 0.257 e. The number of hydrogen-bond acceptors (Lipinski definition) is 5. The molecule has 7 heteroatoms. The molecule has 21 heavy (non-hydrogen) atoms. The van der Waals surface area contributed by atoms with E-state index in [0.717, 1.165) is 22.0 Å². The van der Waals surface area contributed by atoms with Gasteiger partial charge >= 0.3 is 0 Å². The fourth-order valence-electron chi connectivity index (χ4n) is 1.80. The van der Waals surface area contributed by atoms with E-state index in [2.05, 4.69) is 15.3 Å². The van der Waals surface area contributed by atoms with Crippen molar-refractivity contribution in [2.24, 2.45) is 0 Å². The van der Waals surface area contributed by atoms with Gasteiger partial charge in [-0.15, -0.1) is 0 Å². The summed E-state index contributed by atoms with van der Waals surface area (Å²) in [7, 11) is 1.59. The Kier molecular flexibility index (Phi) is 3.49. The predicted octanol–water partition coefficient (Wildman–Crippen LogP) is 3.09. The first-order valence-electron chi connectivity index (χ1n) is 6.03. The van der Waals surface area contributed by atoms with Gasteiger partial charge < -0.3 is 4.74 Å². The third-order valence-corrected chi connectivity index (χ3v) is 3.74. The lowest BCUT2D eigenvalue weighted by Crippen LogP contribution is -2.12. The first-order valence-corrected chi connectivity index (χ1v) is 6.85. The highest BCUT2D eigenvalue weighted by molar-refractivity contribution is 7.22. The molecule has 1 amide bonds. The number of methoxy groups -OCH3 is 1. The van der Waals surface area contributed by atoms with Gasteiger partial charge in [-0.2, -0.15) is 4.39 Å². The van der Waals surface area contributed by atoms with Crippen LogP contribution in [0.5, 0.6) is 5.75 Å². The van der Waals surface area contributed by atoms with E-state index >= 15 is 0 Å². The highest BCUT2D eigenvalue weighted by Gasteiger charge is 2.11. The Morgan fingerprint density at radius 2 is 2.19 bits per heavy atom. The minimum absolute atomic E-state index is 0.194. The van der Waals surface area contributed by atoms with E-state index in [1.54, 1.807) is 13.2 Å². The lowest BCUT2D eigenvalue weighted by Gasteiger charge is -2.00. The van der Waals surface area contributed by atoms with Crippen LogP contribution in [0.2, 0.25) is 0 Å². The van der Waals surface area contributed by atoms with Gasteiger partial charge in [0.15, 0.2) is 5.13 Å². The maximum Gasteiger partial charge on any atom is 0.257 e. The lowest BCUT2D eigenvalue weighted by atomic mass is 10.2. The van der Waals surface area contributed by atoms with Crippen LogP contribution in [0.3, 0.4) is 0 Å². The van der Waals surface area contributed by atoms with Crippen LogP contribution in [0.25, 0.3) is 10.2 Å². The second kappa shape index (κ2) is 5.45. The topological polar surface area (TPSA) is 64.1 Å². The van der Waals surface area contributed by atoms with Crippen LogP contribution in [-0.2, 0) is 0 Å². The van der Waals surface area contributed by atoms with Crippen molar-refractivity contribution >= 4 is 32.6 Å². The second-order valence-electron chi connectivity index (χ2n) is 4.17. The van der Waals surface area contributed by atoms with Gasteiger partial charge in [-0.3, -0.25) is 10.1 Å². The molecule has 0 aliphatic rings. The van der Waals surface area contributed by atoms with Crippen molar-refractivity contribution in [2.45, 2.75) is 0 Å². The van der Waals surface area contributed by atoms with E-state index < -0.39 is 11.9 Å². The maximum atomic E-state index is 13.0. The second-order valence-corrected chi connectivity index (χ2v) is 5.20. The standard InChI is InChI=1S/C14H10FN3O2S/c1-20-9-2-3-10-11(7-9)21-14(17-10)18-13(19)8-4-5-16-12(15)6-8/h2-7H,1H3,(H,17,18,19). The number of fused-ring (bicyclic) bond motifs is 1. The number of aromatic nitrogens is 2. The lowest BCUT2D eigenvalue weighted by molar-refractivity contribution is 0.102. The molecule has 0 atom stereocenters. The number of ether oxygens (including phenoxy) is 1. The molecular formula is C14H10FN3O2S. The number of halogens is 1. The number of pyridine rings is 1. The molecule has 0 aliphatic heterocycles. The third kappa shape index (κ3) is 2.82. The summed E-state index contributed by atoms with van der Waals surface area (Å²) in [5.41, 5.74) is 0.955. The summed E-state index contributed by atoms with van der Waals surface area (Å²) in [6.45, 7) is 0. The molecule has 1 N–H and O–H groups in total. The maximum absolute atomic E-state index is 13.0. The van der Waals surface area contributed by atoms with Crippen molar-refractivity contribution in [1.29, 1.82) is 0 Å². The van der Waals surface area contributed by atoms with E-state index in [9.17, 15) is 9.18 Å². The number of benzene rings is 1. The fourth-order valence-corrected chi connectivity index (χ4v) is 2.69. The largest absolute Gasteiger partial charge is 0.497 e. The monoisotopic (exact) mass is 303 g/mol. The van der Waals surface area contributed by atoms with Gasteiger partial charge in [-0.1, -0.05) is 11.3 Å². The molecule has 0 saturated carbocycles. The number of hydrogen-bond donors (Lipinski definition) is 1. The Morgan fingerprint density at radius 3 is 2.95 bits per heavy atom. The summed E-state index contributed by atoms with van der Waals surface area (Å²) in [6.07, 6.45) is 1.24. The highest BCUT2D eigenvalue weighted by atomic mass is 32.1. The van der Waals surface area contributed by atoms with Gasteiger partial charge in [0.2, 0.25) is 5.95 Å². The Balaban J connectivity index is 1.86. The molecule has 2 aromatic heterocycles. The van der Waals surface area contributed by atoms with Crippen molar-refractivity contribution in [3.05, 3.63) is 48.0 Å². The predicted molar refractivity (Wildman–Crippen MR) is 78.3 cm³/mol. The number of rotatable bonds is 3. The molecule has 0 aliphatic carbocycles. The zero-order chi connectivity index (χ0) is 14.8. The van der Waals surface area contributed by atoms with Gasteiger partial charge in [0, 0.05) is 17.8 Å². The number of carbonyl (C=O) groups excluding carboxylic acids is 1. The van der Waals surface area contributed by atoms with Gasteiger partial charge in [0.1, 0.15) is 5.75 Å². The molecule has 1 aromatic carbocycles. The molecule has 2 heterocycles. The van der Waals surface area contributed by atoms with Crippen LogP contribution in [0.4, 0.5) is 9.52 Å². The van der Waals surface area contributed by atoms with Crippen molar-refractivity contribution in [3.8, 4) is 5.75 Å². The Labute approximate surface area is 123 Å². The molecule has 0 unspecified atom stereocenters. The minimum atomic E-state index is -0.698. The van der Waals surface area contributed by atoms with Crippen LogP contribution in [-0.4, -0.2) is 23.0 Å². The molecule has 3 aromatic rings. The summed E-state index contributed by atoms with van der Waals surface area (Å²) in [5.74, 6) is -0.403. The summed E-state index contributed by atoms with van der Waals surface area (Å²) < 4.78 is 19.0. The molecule has 0 fully saturated rings. The van der Waals surface area contributed by atoms with E-state index in [0.29, 0.717) is 5.13 Å². The molecule has 0 radical (unpaired) electrons. The average molecular weight is 303 g/mol. The number of amides is 1.